The summed E-state index contributed by atoms with van der Waals surface area (Å²) in [7, 11) is 0. The Hall–Kier alpha value is -3.19. The van der Waals surface area contributed by atoms with Gasteiger partial charge in [0.05, 0.1) is 23.5 Å². The van der Waals surface area contributed by atoms with Crippen LogP contribution >= 0.6 is 0 Å². The zero-order chi connectivity index (χ0) is 22.5. The van der Waals surface area contributed by atoms with E-state index in [2.05, 4.69) is 50.4 Å². The molecule has 0 spiro atoms. The molecule has 2 aliphatic rings. The fourth-order valence-electron chi connectivity index (χ4n) is 4.88. The molecule has 1 saturated heterocycles. The summed E-state index contributed by atoms with van der Waals surface area (Å²) in [6.45, 7) is 4.82. The number of rotatable bonds is 6. The predicted molar refractivity (Wildman–Crippen MR) is 127 cm³/mol. The van der Waals surface area contributed by atoms with Crippen LogP contribution in [0.5, 0.6) is 0 Å². The van der Waals surface area contributed by atoms with E-state index in [1.165, 1.54) is 5.69 Å². The Kier molecular flexibility index (Phi) is 6.67. The van der Waals surface area contributed by atoms with Crippen molar-refractivity contribution in [3.8, 4) is 0 Å². The second-order valence-electron chi connectivity index (χ2n) is 8.95. The van der Waals surface area contributed by atoms with E-state index < -0.39 is 0 Å². The number of anilines is 1. The van der Waals surface area contributed by atoms with Gasteiger partial charge in [-0.05, 0) is 43.5 Å². The van der Waals surface area contributed by atoms with Crippen LogP contribution in [0.2, 0.25) is 0 Å². The first-order chi connectivity index (χ1) is 16.3. The average molecular weight is 446 g/mol. The standard InChI is InChI=1S/C26H31N5O2/c32-26(21-9-3-1-4-10-21)33-25-14-8-7-13-24(25)31-20-22(27-28-31)19-29-15-17-30(18-16-29)23-11-5-2-6-12-23/h1-6,9-12,20,24-25H,7-8,13-19H2/t24-,25-/m1/s1. The molecule has 1 aliphatic heterocycles. The molecule has 2 aromatic carbocycles. The van der Waals surface area contributed by atoms with Crippen LogP contribution in [-0.2, 0) is 11.3 Å². The number of ether oxygens (including phenoxy) is 1. The van der Waals surface area contributed by atoms with Crippen LogP contribution in [0.15, 0.2) is 66.9 Å². The third kappa shape index (κ3) is 5.25. The Balaban J connectivity index is 1.18. The maximum atomic E-state index is 12.6. The van der Waals surface area contributed by atoms with Gasteiger partial charge in [0.25, 0.3) is 0 Å². The Labute approximate surface area is 195 Å². The van der Waals surface area contributed by atoms with Gasteiger partial charge in [0, 0.05) is 38.4 Å². The van der Waals surface area contributed by atoms with E-state index in [0.29, 0.717) is 5.56 Å². The maximum absolute atomic E-state index is 12.6. The number of esters is 1. The molecule has 7 heteroatoms. The van der Waals surface area contributed by atoms with Gasteiger partial charge >= 0.3 is 5.97 Å². The van der Waals surface area contributed by atoms with Crippen LogP contribution in [0.4, 0.5) is 5.69 Å². The highest BCUT2D eigenvalue weighted by Crippen LogP contribution is 2.31. The molecular formula is C26H31N5O2. The minimum absolute atomic E-state index is 0.0441. The van der Waals surface area contributed by atoms with Crippen molar-refractivity contribution in [1.29, 1.82) is 0 Å². The van der Waals surface area contributed by atoms with Gasteiger partial charge in [0.2, 0.25) is 0 Å². The summed E-state index contributed by atoms with van der Waals surface area (Å²) in [6, 6.07) is 19.8. The molecule has 2 fully saturated rings. The highest BCUT2D eigenvalue weighted by atomic mass is 16.5. The number of carbonyl (C=O) groups excluding carboxylic acids is 1. The molecular weight excluding hydrogens is 414 g/mol. The molecule has 3 aromatic rings. The molecule has 2 heterocycles. The highest BCUT2D eigenvalue weighted by Gasteiger charge is 2.31. The van der Waals surface area contributed by atoms with Crippen LogP contribution in [0, 0.1) is 0 Å². The molecule has 1 aromatic heterocycles. The number of hydrogen-bond donors (Lipinski definition) is 0. The second kappa shape index (κ2) is 10.2. The summed E-state index contributed by atoms with van der Waals surface area (Å²) >= 11 is 0. The van der Waals surface area contributed by atoms with Crippen LogP contribution in [-0.4, -0.2) is 58.1 Å². The topological polar surface area (TPSA) is 63.5 Å². The fourth-order valence-corrected chi connectivity index (χ4v) is 4.88. The number of para-hydroxylation sites is 1. The lowest BCUT2D eigenvalue weighted by atomic mass is 9.92. The first kappa shape index (κ1) is 21.6. The first-order valence-corrected chi connectivity index (χ1v) is 12.0. The van der Waals surface area contributed by atoms with Crippen LogP contribution in [0.1, 0.15) is 47.8 Å². The number of benzene rings is 2. The van der Waals surface area contributed by atoms with Gasteiger partial charge in [-0.2, -0.15) is 0 Å². The van der Waals surface area contributed by atoms with Crippen molar-refractivity contribution in [1.82, 2.24) is 19.9 Å². The first-order valence-electron chi connectivity index (χ1n) is 12.0. The summed E-state index contributed by atoms with van der Waals surface area (Å²) in [5, 5.41) is 8.89. The Bertz CT molecular complexity index is 1030. The van der Waals surface area contributed by atoms with E-state index in [9.17, 15) is 4.79 Å². The summed E-state index contributed by atoms with van der Waals surface area (Å²) in [5.41, 5.74) is 2.86. The molecule has 0 N–H and O–H groups in total. The Morgan fingerprint density at radius 3 is 2.36 bits per heavy atom. The summed E-state index contributed by atoms with van der Waals surface area (Å²) in [6.07, 6.45) is 5.86. The number of aromatic nitrogens is 3. The van der Waals surface area contributed by atoms with E-state index in [1.807, 2.05) is 29.1 Å². The number of nitrogens with zero attached hydrogens (tertiary/aromatic N) is 5. The Morgan fingerprint density at radius 1 is 0.909 bits per heavy atom. The van der Waals surface area contributed by atoms with Gasteiger partial charge in [0.15, 0.2) is 0 Å². The fraction of sp³-hybridized carbons (Fsp3) is 0.423. The van der Waals surface area contributed by atoms with Crippen molar-refractivity contribution >= 4 is 11.7 Å². The largest absolute Gasteiger partial charge is 0.456 e. The number of carbonyl (C=O) groups is 1. The lowest BCUT2D eigenvalue weighted by Gasteiger charge is -2.35. The van der Waals surface area contributed by atoms with Crippen LogP contribution in [0.3, 0.4) is 0 Å². The van der Waals surface area contributed by atoms with Crippen molar-refractivity contribution in [2.24, 2.45) is 0 Å². The van der Waals surface area contributed by atoms with Crippen molar-refractivity contribution < 1.29 is 9.53 Å². The zero-order valence-corrected chi connectivity index (χ0v) is 18.9. The van der Waals surface area contributed by atoms with Crippen molar-refractivity contribution in [2.45, 2.75) is 44.4 Å². The van der Waals surface area contributed by atoms with Crippen molar-refractivity contribution in [3.63, 3.8) is 0 Å². The van der Waals surface area contributed by atoms with Gasteiger partial charge in [-0.1, -0.05) is 48.0 Å². The van der Waals surface area contributed by atoms with E-state index in [-0.39, 0.29) is 18.1 Å². The summed E-state index contributed by atoms with van der Waals surface area (Å²) in [5.74, 6) is -0.260. The van der Waals surface area contributed by atoms with E-state index in [4.69, 9.17) is 4.74 Å². The minimum atomic E-state index is -0.260. The molecule has 7 nitrogen and oxygen atoms in total. The van der Waals surface area contributed by atoms with Gasteiger partial charge in [0.1, 0.15) is 6.10 Å². The van der Waals surface area contributed by atoms with Crippen LogP contribution in [0.25, 0.3) is 0 Å². The maximum Gasteiger partial charge on any atom is 0.338 e. The zero-order valence-electron chi connectivity index (χ0n) is 18.9. The lowest BCUT2D eigenvalue weighted by molar-refractivity contribution is 0.00176. The Morgan fingerprint density at radius 2 is 1.61 bits per heavy atom. The quantitative estimate of drug-likeness (QED) is 0.536. The molecule has 1 aliphatic carbocycles. The van der Waals surface area contributed by atoms with Crippen LogP contribution < -0.4 is 4.90 Å². The monoisotopic (exact) mass is 445 g/mol. The molecule has 33 heavy (non-hydrogen) atoms. The lowest BCUT2D eigenvalue weighted by Crippen LogP contribution is -2.46. The molecule has 5 rings (SSSR count). The smallest absolute Gasteiger partial charge is 0.338 e. The SMILES string of the molecule is O=C(O[C@@H]1CCCC[C@H]1n1cc(CN2CCN(c3ccccc3)CC2)nn1)c1ccccc1. The normalized spacial score (nSPS) is 21.6. The summed E-state index contributed by atoms with van der Waals surface area (Å²) < 4.78 is 7.84. The van der Waals surface area contributed by atoms with Crippen molar-refractivity contribution in [3.05, 3.63) is 78.1 Å². The highest BCUT2D eigenvalue weighted by molar-refractivity contribution is 5.89. The molecule has 0 unspecified atom stereocenters. The third-order valence-electron chi connectivity index (χ3n) is 6.71. The predicted octanol–water partition coefficient (Wildman–Crippen LogP) is 3.94. The minimum Gasteiger partial charge on any atom is -0.456 e. The average Bonchev–Trinajstić information content (AvgIpc) is 3.34. The molecule has 0 amide bonds. The molecule has 0 radical (unpaired) electrons. The van der Waals surface area contributed by atoms with E-state index >= 15 is 0 Å². The number of hydrogen-bond acceptors (Lipinski definition) is 6. The van der Waals surface area contributed by atoms with Crippen molar-refractivity contribution in [2.75, 3.05) is 31.1 Å². The van der Waals surface area contributed by atoms with Gasteiger partial charge in [-0.3, -0.25) is 4.90 Å². The molecule has 172 valence electrons. The van der Waals surface area contributed by atoms with E-state index in [1.54, 1.807) is 12.1 Å². The van der Waals surface area contributed by atoms with E-state index in [0.717, 1.165) is 64.1 Å². The number of piperazine rings is 1. The van der Waals surface area contributed by atoms with Gasteiger partial charge < -0.3 is 9.64 Å². The van der Waals surface area contributed by atoms with Gasteiger partial charge in [-0.15, -0.1) is 5.10 Å². The third-order valence-corrected chi connectivity index (χ3v) is 6.71. The second-order valence-corrected chi connectivity index (χ2v) is 8.95. The molecule has 0 bridgehead atoms. The molecule has 2 atom stereocenters. The van der Waals surface area contributed by atoms with Gasteiger partial charge in [-0.25, -0.2) is 9.48 Å². The molecule has 1 saturated carbocycles. The summed E-state index contributed by atoms with van der Waals surface area (Å²) in [4.78, 5) is 17.5.